The maximum absolute atomic E-state index is 12.3. The number of benzene rings is 2. The largest absolute Gasteiger partial charge is 0.508 e. The Morgan fingerprint density at radius 2 is 2.00 bits per heavy atom. The van der Waals surface area contributed by atoms with Crippen molar-refractivity contribution >= 4 is 11.7 Å². The topological polar surface area (TPSA) is 76.4 Å². The van der Waals surface area contributed by atoms with Gasteiger partial charge in [0.25, 0.3) is 0 Å². The van der Waals surface area contributed by atoms with Crippen molar-refractivity contribution in [1.82, 2.24) is 9.78 Å². The van der Waals surface area contributed by atoms with Gasteiger partial charge in [-0.3, -0.25) is 9.48 Å². The second-order valence-electron chi connectivity index (χ2n) is 6.33. The van der Waals surface area contributed by atoms with E-state index in [1.807, 2.05) is 30.3 Å². The lowest BCUT2D eigenvalue weighted by atomic mass is 9.84. The van der Waals surface area contributed by atoms with Gasteiger partial charge >= 0.3 is 0 Å². The molecule has 0 saturated carbocycles. The molecule has 1 aromatic heterocycles. The van der Waals surface area contributed by atoms with Crippen LogP contribution in [0.3, 0.4) is 0 Å². The number of anilines is 1. The summed E-state index contributed by atoms with van der Waals surface area (Å²) in [6, 6.07) is 14.9. The smallest absolute Gasteiger partial charge is 0.226 e. The van der Waals surface area contributed by atoms with Crippen molar-refractivity contribution in [3.05, 3.63) is 59.7 Å². The van der Waals surface area contributed by atoms with Gasteiger partial charge in [0.05, 0.1) is 12.8 Å². The van der Waals surface area contributed by atoms with Gasteiger partial charge in [-0.15, -0.1) is 0 Å². The third-order valence-corrected chi connectivity index (χ3v) is 4.74. The molecule has 4 rings (SSSR count). The van der Waals surface area contributed by atoms with Crippen LogP contribution in [0, 0.1) is 0 Å². The SMILES string of the molecule is COc1ccc(O)c([C@@H]2CC(=O)Nc3c2c(-c2ccccc2)nn3C)c1. The van der Waals surface area contributed by atoms with Gasteiger partial charge in [-0.25, -0.2) is 0 Å². The van der Waals surface area contributed by atoms with E-state index in [0.29, 0.717) is 17.1 Å². The summed E-state index contributed by atoms with van der Waals surface area (Å²) in [6.07, 6.45) is 0.235. The summed E-state index contributed by atoms with van der Waals surface area (Å²) >= 11 is 0. The van der Waals surface area contributed by atoms with Crippen molar-refractivity contribution in [1.29, 1.82) is 0 Å². The first-order valence-corrected chi connectivity index (χ1v) is 8.37. The minimum Gasteiger partial charge on any atom is -0.508 e. The second kappa shape index (κ2) is 6.22. The molecular formula is C20H19N3O3. The van der Waals surface area contributed by atoms with Gasteiger partial charge in [-0.1, -0.05) is 30.3 Å². The van der Waals surface area contributed by atoms with Gasteiger partial charge in [-0.2, -0.15) is 5.10 Å². The zero-order valence-electron chi connectivity index (χ0n) is 14.6. The number of fused-ring (bicyclic) bond motifs is 1. The van der Waals surface area contributed by atoms with Crippen LogP contribution in [-0.4, -0.2) is 27.9 Å². The van der Waals surface area contributed by atoms with Crippen LogP contribution >= 0.6 is 0 Å². The summed E-state index contributed by atoms with van der Waals surface area (Å²) in [4.78, 5) is 12.3. The molecule has 3 aromatic rings. The van der Waals surface area contributed by atoms with E-state index in [-0.39, 0.29) is 24.0 Å². The highest BCUT2D eigenvalue weighted by molar-refractivity contribution is 5.96. The first-order chi connectivity index (χ1) is 12.6. The zero-order valence-corrected chi connectivity index (χ0v) is 14.6. The number of carbonyl (C=O) groups is 1. The van der Waals surface area contributed by atoms with Gasteiger partial charge < -0.3 is 15.2 Å². The molecule has 0 saturated heterocycles. The summed E-state index contributed by atoms with van der Waals surface area (Å²) in [6.45, 7) is 0. The fourth-order valence-electron chi connectivity index (χ4n) is 3.50. The Hall–Kier alpha value is -3.28. The summed E-state index contributed by atoms with van der Waals surface area (Å²) in [7, 11) is 3.38. The summed E-state index contributed by atoms with van der Waals surface area (Å²) < 4.78 is 6.98. The van der Waals surface area contributed by atoms with E-state index in [1.165, 1.54) is 0 Å². The Bertz CT molecular complexity index is 979. The molecular weight excluding hydrogens is 330 g/mol. The highest BCUT2D eigenvalue weighted by atomic mass is 16.5. The number of phenols is 1. The van der Waals surface area contributed by atoms with E-state index >= 15 is 0 Å². The first kappa shape index (κ1) is 16.2. The molecule has 2 aromatic carbocycles. The van der Waals surface area contributed by atoms with E-state index in [2.05, 4.69) is 10.4 Å². The average Bonchev–Trinajstić information content (AvgIpc) is 2.99. The predicted octanol–water partition coefficient (Wildman–Crippen LogP) is 3.28. The molecule has 1 aliphatic rings. The molecule has 0 radical (unpaired) electrons. The van der Waals surface area contributed by atoms with Crippen LogP contribution in [0.4, 0.5) is 5.82 Å². The number of amides is 1. The molecule has 1 amide bonds. The molecule has 2 heterocycles. The molecule has 6 heteroatoms. The Kier molecular flexibility index (Phi) is 3.88. The molecule has 26 heavy (non-hydrogen) atoms. The summed E-state index contributed by atoms with van der Waals surface area (Å²) in [5.41, 5.74) is 3.33. The van der Waals surface area contributed by atoms with Crippen molar-refractivity contribution < 1.29 is 14.6 Å². The number of nitrogens with zero attached hydrogens (tertiary/aromatic N) is 2. The molecule has 0 bridgehead atoms. The number of carbonyl (C=O) groups excluding carboxylic acids is 1. The Morgan fingerprint density at radius 3 is 2.73 bits per heavy atom. The van der Waals surface area contributed by atoms with Crippen LogP contribution in [0.2, 0.25) is 0 Å². The number of methoxy groups -OCH3 is 1. The minimum absolute atomic E-state index is 0.104. The molecule has 0 fully saturated rings. The number of nitrogens with one attached hydrogen (secondary N) is 1. The number of aromatic hydroxyl groups is 1. The number of aromatic nitrogens is 2. The lowest BCUT2D eigenvalue weighted by molar-refractivity contribution is -0.116. The van der Waals surface area contributed by atoms with E-state index in [0.717, 1.165) is 16.8 Å². The van der Waals surface area contributed by atoms with E-state index in [1.54, 1.807) is 37.0 Å². The van der Waals surface area contributed by atoms with Crippen molar-refractivity contribution in [2.24, 2.45) is 7.05 Å². The first-order valence-electron chi connectivity index (χ1n) is 8.37. The molecule has 0 unspecified atom stereocenters. The number of ether oxygens (including phenoxy) is 1. The lowest BCUT2D eigenvalue weighted by Crippen LogP contribution is -2.24. The quantitative estimate of drug-likeness (QED) is 0.761. The number of hydrogen-bond acceptors (Lipinski definition) is 4. The minimum atomic E-state index is -0.308. The van der Waals surface area contributed by atoms with Crippen LogP contribution in [0.25, 0.3) is 11.3 Å². The van der Waals surface area contributed by atoms with Gasteiger partial charge in [0.15, 0.2) is 0 Å². The Labute approximate surface area is 151 Å². The Balaban J connectivity index is 1.94. The average molecular weight is 349 g/mol. The number of rotatable bonds is 3. The maximum Gasteiger partial charge on any atom is 0.226 e. The monoisotopic (exact) mass is 349 g/mol. The van der Waals surface area contributed by atoms with Crippen LogP contribution in [0.15, 0.2) is 48.5 Å². The third kappa shape index (κ3) is 2.60. The summed E-state index contributed by atoms with van der Waals surface area (Å²) in [5.74, 6) is 1.02. The molecule has 2 N–H and O–H groups in total. The molecule has 132 valence electrons. The second-order valence-corrected chi connectivity index (χ2v) is 6.33. The molecule has 1 aliphatic heterocycles. The van der Waals surface area contributed by atoms with Crippen LogP contribution in [0.5, 0.6) is 11.5 Å². The van der Waals surface area contributed by atoms with Gasteiger partial charge in [0.2, 0.25) is 5.91 Å². The highest BCUT2D eigenvalue weighted by Gasteiger charge is 2.34. The third-order valence-electron chi connectivity index (χ3n) is 4.74. The van der Waals surface area contributed by atoms with Crippen molar-refractivity contribution in [2.75, 3.05) is 12.4 Å². The fourth-order valence-corrected chi connectivity index (χ4v) is 3.50. The Morgan fingerprint density at radius 1 is 1.23 bits per heavy atom. The zero-order chi connectivity index (χ0) is 18.3. The molecule has 0 aliphatic carbocycles. The van der Waals surface area contributed by atoms with E-state index in [4.69, 9.17) is 4.74 Å². The fraction of sp³-hybridized carbons (Fsp3) is 0.200. The van der Waals surface area contributed by atoms with Crippen LogP contribution in [0.1, 0.15) is 23.5 Å². The van der Waals surface area contributed by atoms with Crippen LogP contribution in [-0.2, 0) is 11.8 Å². The number of aryl methyl sites for hydroxylation is 1. The number of hydrogen-bond donors (Lipinski definition) is 2. The van der Waals surface area contributed by atoms with Crippen LogP contribution < -0.4 is 10.1 Å². The molecule has 1 atom stereocenters. The van der Waals surface area contributed by atoms with Gasteiger partial charge in [-0.05, 0) is 18.2 Å². The standard InChI is InChI=1S/C20H19N3O3/c1-23-20-18(19(22-23)12-6-4-3-5-7-12)15(11-17(25)21-20)14-10-13(26-2)8-9-16(14)24/h3-10,15,24H,11H2,1-2H3,(H,21,25)/t15-/m0/s1. The maximum atomic E-state index is 12.3. The van der Waals surface area contributed by atoms with Gasteiger partial charge in [0.1, 0.15) is 17.3 Å². The van der Waals surface area contributed by atoms with Crippen molar-refractivity contribution in [2.45, 2.75) is 12.3 Å². The lowest BCUT2D eigenvalue weighted by Gasteiger charge is -2.25. The van der Waals surface area contributed by atoms with Gasteiger partial charge in [0, 0.05) is 36.1 Å². The highest BCUT2D eigenvalue weighted by Crippen LogP contribution is 2.45. The number of phenolic OH excluding ortho intramolecular Hbond substituents is 1. The summed E-state index contributed by atoms with van der Waals surface area (Å²) in [5, 5.41) is 18.0. The molecule has 0 spiro atoms. The molecule has 6 nitrogen and oxygen atoms in total. The predicted molar refractivity (Wildman–Crippen MR) is 98.4 cm³/mol. The van der Waals surface area contributed by atoms with E-state index < -0.39 is 0 Å². The van der Waals surface area contributed by atoms with E-state index in [9.17, 15) is 9.90 Å². The normalized spacial score (nSPS) is 16.1. The van der Waals surface area contributed by atoms with Crippen molar-refractivity contribution in [3.63, 3.8) is 0 Å². The van der Waals surface area contributed by atoms with Crippen molar-refractivity contribution in [3.8, 4) is 22.8 Å².